The lowest BCUT2D eigenvalue weighted by Crippen LogP contribution is -2.50. The van der Waals surface area contributed by atoms with Crippen LogP contribution in [-0.2, 0) is 32.2 Å². The van der Waals surface area contributed by atoms with Crippen molar-refractivity contribution in [1.82, 2.24) is 19.1 Å². The van der Waals surface area contributed by atoms with Crippen LogP contribution in [0.2, 0.25) is 0 Å². The summed E-state index contributed by atoms with van der Waals surface area (Å²) in [6, 6.07) is 9.52. The zero-order chi connectivity index (χ0) is 36.3. The fourth-order valence-corrected chi connectivity index (χ4v) is 8.02. The molecule has 17 heteroatoms. The molecule has 15 nitrogen and oxygen atoms in total. The summed E-state index contributed by atoms with van der Waals surface area (Å²) in [6.45, 7) is 12.4. The highest BCUT2D eigenvalue weighted by Crippen LogP contribution is 2.51. The molecule has 49 heavy (non-hydrogen) atoms. The minimum absolute atomic E-state index is 0.0339. The zero-order valence-electron chi connectivity index (χ0n) is 28.6. The number of nitriles is 1. The first-order chi connectivity index (χ1) is 23.3. The number of ether oxygens (including phenoxy) is 1. The molecule has 5 unspecified atom stereocenters. The number of hydrogen-bond acceptors (Lipinski definition) is 12. The highest BCUT2D eigenvalue weighted by molar-refractivity contribution is 7.59. The summed E-state index contributed by atoms with van der Waals surface area (Å²) in [6.07, 6.45) is -2.61. The van der Waals surface area contributed by atoms with Gasteiger partial charge in [0.15, 0.2) is 6.23 Å². The van der Waals surface area contributed by atoms with Crippen LogP contribution >= 0.6 is 16.1 Å². The quantitative estimate of drug-likeness (QED) is 0.159. The maximum absolute atomic E-state index is 13.9. The van der Waals surface area contributed by atoms with Crippen molar-refractivity contribution in [2.75, 3.05) is 19.8 Å². The molecule has 1 N–H and O–H groups in total. The minimum Gasteiger partial charge on any atom is -0.346 e. The Labute approximate surface area is 286 Å². The smallest absolute Gasteiger partial charge is 0.346 e. The first kappa shape index (κ1) is 39.9. The van der Waals surface area contributed by atoms with Gasteiger partial charge < -0.3 is 19.1 Å². The molecule has 0 aliphatic carbocycles. The van der Waals surface area contributed by atoms with E-state index in [1.165, 1.54) is 19.1 Å². The van der Waals surface area contributed by atoms with Crippen LogP contribution in [0.1, 0.15) is 71.5 Å². The van der Waals surface area contributed by atoms with Crippen molar-refractivity contribution in [3.05, 3.63) is 69.0 Å². The van der Waals surface area contributed by atoms with Crippen molar-refractivity contribution in [2.45, 2.75) is 91.4 Å². The lowest BCUT2D eigenvalue weighted by atomic mass is 10.1. The number of hydrogen-bond donors (Lipinski definition) is 1. The lowest BCUT2D eigenvalue weighted by molar-refractivity contribution is -0.121. The number of rotatable bonds is 15. The molecule has 0 bridgehead atoms. The largest absolute Gasteiger partial charge is 0.405 e. The summed E-state index contributed by atoms with van der Waals surface area (Å²) in [5.74, 6) is 1.40. The molecule has 1 amide bonds. The van der Waals surface area contributed by atoms with Crippen LogP contribution in [0.15, 0.2) is 52.2 Å². The summed E-state index contributed by atoms with van der Waals surface area (Å²) < 4.78 is 46.4. The molecule has 1 aromatic heterocycles. The van der Waals surface area contributed by atoms with E-state index in [2.05, 4.69) is 16.9 Å². The van der Waals surface area contributed by atoms with E-state index in [9.17, 15) is 29.0 Å². The maximum atomic E-state index is 13.9. The molecule has 1 saturated heterocycles. The van der Waals surface area contributed by atoms with E-state index in [0.717, 1.165) is 16.8 Å². The molecule has 2 heterocycles. The number of nitrogens with one attached hydrogen (secondary N) is 1. The number of carbonyl (C=O) groups excluding carboxylic acids is 2. The fourth-order valence-electron chi connectivity index (χ4n) is 5.09. The second kappa shape index (κ2) is 18.5. The Morgan fingerprint density at radius 1 is 1.08 bits per heavy atom. The summed E-state index contributed by atoms with van der Waals surface area (Å²) in [5.41, 5.74) is 0.732. The van der Waals surface area contributed by atoms with Crippen molar-refractivity contribution in [1.29, 1.82) is 5.26 Å². The Bertz CT molecular complexity index is 1690. The van der Waals surface area contributed by atoms with Crippen LogP contribution in [0.25, 0.3) is 0 Å². The second-order valence-electron chi connectivity index (χ2n) is 11.2. The number of carbonyl (C=O) groups is 2. The van der Waals surface area contributed by atoms with Gasteiger partial charge in [-0.05, 0) is 53.7 Å². The Hall–Kier alpha value is -3.49. The van der Waals surface area contributed by atoms with E-state index in [1.807, 2.05) is 38.4 Å². The van der Waals surface area contributed by atoms with Gasteiger partial charge in [0.25, 0.3) is 20.0 Å². The van der Waals surface area contributed by atoms with Gasteiger partial charge in [0.2, 0.25) is 5.91 Å². The van der Waals surface area contributed by atoms with Crippen LogP contribution in [0.5, 0.6) is 0 Å². The Balaban J connectivity index is 2.23. The van der Waals surface area contributed by atoms with Crippen molar-refractivity contribution in [2.24, 2.45) is 0 Å². The molecule has 2 aromatic rings. The van der Waals surface area contributed by atoms with Crippen molar-refractivity contribution >= 4 is 27.9 Å². The van der Waals surface area contributed by atoms with Gasteiger partial charge in [-0.3, -0.25) is 28.0 Å². The van der Waals surface area contributed by atoms with Gasteiger partial charge >= 0.3 is 13.3 Å². The van der Waals surface area contributed by atoms with E-state index >= 15 is 0 Å². The minimum atomic E-state index is -3.93. The van der Waals surface area contributed by atoms with Crippen LogP contribution in [0.3, 0.4) is 0 Å². The highest BCUT2D eigenvalue weighted by atomic mass is 31.2. The molecule has 266 valence electrons. The van der Waals surface area contributed by atoms with Gasteiger partial charge in [-0.2, -0.15) is 9.83 Å². The van der Waals surface area contributed by atoms with E-state index < -0.39 is 63.7 Å². The predicted molar refractivity (Wildman–Crippen MR) is 181 cm³/mol. The van der Waals surface area contributed by atoms with Crippen molar-refractivity contribution < 1.29 is 37.0 Å². The molecule has 3 rings (SSSR count). The van der Waals surface area contributed by atoms with Gasteiger partial charge in [-0.1, -0.05) is 24.1 Å². The van der Waals surface area contributed by atoms with E-state index in [4.69, 9.17) is 22.8 Å². The summed E-state index contributed by atoms with van der Waals surface area (Å²) in [4.78, 5) is 52.8. The highest BCUT2D eigenvalue weighted by Gasteiger charge is 2.50. The van der Waals surface area contributed by atoms with Crippen LogP contribution in [0, 0.1) is 22.9 Å². The number of aromatic nitrogens is 2. The monoisotopic (exact) mass is 719 g/mol. The Morgan fingerprint density at radius 2 is 1.71 bits per heavy atom. The standard InChI is InChI=1S/C32H43N5O10P2/c1-8-44-49(42,45-9-2)21-17-26-29(47-48(43-20-13-18-33)37(22(3)4)23(5)6)28(34-24(7)38)31(46-26)35-19-16-27(39)36(32(35)41)30(40)25-14-11-10-12-15-25/h10-12,14-16,19,22-23,26,28-29,31H,8-9,13,20H2,1-7H3,(H,34,38). The van der Waals surface area contributed by atoms with Crippen LogP contribution in [0.4, 0.5) is 0 Å². The summed E-state index contributed by atoms with van der Waals surface area (Å²) >= 11 is 0. The molecule has 1 fully saturated rings. The molecule has 1 aliphatic heterocycles. The molecule has 1 aliphatic rings. The number of nitrogens with zero attached hydrogens (tertiary/aromatic N) is 4. The Morgan fingerprint density at radius 3 is 2.27 bits per heavy atom. The SMILES string of the molecule is CCOP(=O)(C#CC1OC(n2ccc(=O)n(C(=O)c3ccccc3)c2=O)C(NC(C)=O)C1OP(OCCC#N)N(C(C)C)C(C)C)OCC. The normalized spacial score (nSPS) is 19.8. The molecule has 1 aromatic carbocycles. The van der Waals surface area contributed by atoms with Crippen molar-refractivity contribution in [3.8, 4) is 17.7 Å². The zero-order valence-corrected chi connectivity index (χ0v) is 30.4. The second-order valence-corrected chi connectivity index (χ2v) is 14.4. The molecule has 0 radical (unpaired) electrons. The van der Waals surface area contributed by atoms with Gasteiger partial charge in [0.1, 0.15) is 18.2 Å². The first-order valence-corrected chi connectivity index (χ1v) is 18.5. The molecule has 5 atom stereocenters. The molecule has 0 spiro atoms. The van der Waals surface area contributed by atoms with Gasteiger partial charge in [0, 0.05) is 42.5 Å². The van der Waals surface area contributed by atoms with Gasteiger partial charge in [0.05, 0.1) is 32.3 Å². The fraction of sp³-hybridized carbons (Fsp3) is 0.531. The Kier molecular flexibility index (Phi) is 15.1. The van der Waals surface area contributed by atoms with E-state index in [-0.39, 0.29) is 43.9 Å². The topological polar surface area (TPSA) is 180 Å². The van der Waals surface area contributed by atoms with E-state index in [0.29, 0.717) is 4.57 Å². The average molecular weight is 720 g/mol. The first-order valence-electron chi connectivity index (χ1n) is 15.8. The van der Waals surface area contributed by atoms with E-state index in [1.54, 1.807) is 32.0 Å². The lowest BCUT2D eigenvalue weighted by Gasteiger charge is -2.38. The van der Waals surface area contributed by atoms with Crippen LogP contribution < -0.4 is 16.6 Å². The summed E-state index contributed by atoms with van der Waals surface area (Å²) in [7, 11) is -5.88. The van der Waals surface area contributed by atoms with Crippen molar-refractivity contribution in [3.63, 3.8) is 0 Å². The van der Waals surface area contributed by atoms with Gasteiger partial charge in [-0.15, -0.1) is 0 Å². The van der Waals surface area contributed by atoms with Gasteiger partial charge in [-0.25, -0.2) is 14.0 Å². The number of amides is 1. The predicted octanol–water partition coefficient (Wildman–Crippen LogP) is 3.99. The third-order valence-electron chi connectivity index (χ3n) is 6.94. The molecular formula is C32H43N5O10P2. The number of benzene rings is 1. The average Bonchev–Trinajstić information content (AvgIpc) is 3.36. The molecule has 0 saturated carbocycles. The van der Waals surface area contributed by atoms with Crippen LogP contribution in [-0.4, -0.2) is 75.8 Å². The summed E-state index contributed by atoms with van der Waals surface area (Å²) in [5, 5.41) is 12.0. The maximum Gasteiger partial charge on any atom is 0.405 e. The molecular weight excluding hydrogens is 676 g/mol. The third kappa shape index (κ3) is 10.3. The third-order valence-corrected chi connectivity index (χ3v) is 10.7.